The molecule has 4 rings (SSSR count). The lowest BCUT2D eigenvalue weighted by molar-refractivity contribution is -0.0275. The van der Waals surface area contributed by atoms with Crippen molar-refractivity contribution in [1.82, 2.24) is 0 Å². The molecule has 1 aliphatic carbocycles. The van der Waals surface area contributed by atoms with Crippen LogP contribution in [0.1, 0.15) is 37.7 Å². The summed E-state index contributed by atoms with van der Waals surface area (Å²) in [4.78, 5) is 0. The highest BCUT2D eigenvalue weighted by Gasteiger charge is 2.53. The second-order valence-electron chi connectivity index (χ2n) is 6.92. The molecular weight excluding hydrogens is 298 g/mol. The van der Waals surface area contributed by atoms with Gasteiger partial charge in [-0.15, -0.1) is 0 Å². The maximum atomic E-state index is 12.6. The maximum Gasteiger partial charge on any atom is 0.235 e. The molecule has 0 spiro atoms. The highest BCUT2D eigenvalue weighted by Crippen LogP contribution is 2.53. The summed E-state index contributed by atoms with van der Waals surface area (Å²) in [6.45, 7) is 1.42. The van der Waals surface area contributed by atoms with E-state index < -0.39 is 10.0 Å². The quantitative estimate of drug-likeness (QED) is 0.860. The van der Waals surface area contributed by atoms with Gasteiger partial charge in [-0.2, -0.15) is 0 Å². The van der Waals surface area contributed by atoms with Crippen LogP contribution in [0.3, 0.4) is 0 Å². The molecule has 120 valence electrons. The van der Waals surface area contributed by atoms with E-state index in [0.29, 0.717) is 13.0 Å². The van der Waals surface area contributed by atoms with E-state index in [1.54, 1.807) is 4.31 Å². The number of para-hydroxylation sites is 1. The van der Waals surface area contributed by atoms with Gasteiger partial charge < -0.3 is 4.74 Å². The third-order valence-electron chi connectivity index (χ3n) is 5.44. The van der Waals surface area contributed by atoms with Crippen LogP contribution in [0.15, 0.2) is 24.3 Å². The minimum atomic E-state index is -3.19. The molecule has 22 heavy (non-hydrogen) atoms. The molecule has 1 saturated heterocycles. The average molecular weight is 321 g/mol. The second kappa shape index (κ2) is 5.24. The maximum absolute atomic E-state index is 12.6. The van der Waals surface area contributed by atoms with E-state index in [1.807, 2.05) is 24.3 Å². The van der Waals surface area contributed by atoms with Crippen molar-refractivity contribution in [3.63, 3.8) is 0 Å². The van der Waals surface area contributed by atoms with Crippen LogP contribution >= 0.6 is 0 Å². The number of rotatable bonds is 3. The van der Waals surface area contributed by atoms with Gasteiger partial charge in [0, 0.05) is 18.6 Å². The van der Waals surface area contributed by atoms with Gasteiger partial charge in [-0.05, 0) is 50.2 Å². The van der Waals surface area contributed by atoms with Crippen molar-refractivity contribution in [3.05, 3.63) is 29.8 Å². The van der Waals surface area contributed by atoms with E-state index >= 15 is 0 Å². The third kappa shape index (κ3) is 2.44. The molecule has 1 atom stereocenters. The van der Waals surface area contributed by atoms with E-state index in [9.17, 15) is 8.42 Å². The number of fused-ring (bicyclic) bond motifs is 1. The van der Waals surface area contributed by atoms with Crippen LogP contribution in [-0.2, 0) is 21.2 Å². The molecule has 1 unspecified atom stereocenters. The van der Waals surface area contributed by atoms with Gasteiger partial charge in [0.15, 0.2) is 0 Å². The Balaban J connectivity index is 1.64. The van der Waals surface area contributed by atoms with Crippen LogP contribution in [0.5, 0.6) is 0 Å². The first kappa shape index (κ1) is 14.5. The Morgan fingerprint density at radius 2 is 2.05 bits per heavy atom. The number of benzene rings is 1. The van der Waals surface area contributed by atoms with Crippen molar-refractivity contribution in [3.8, 4) is 0 Å². The highest BCUT2D eigenvalue weighted by molar-refractivity contribution is 7.92. The SMILES string of the molecule is O=S1(=O)CCc2ccccc2N1CC1(C2CCCCO2)CC1. The van der Waals surface area contributed by atoms with Crippen molar-refractivity contribution < 1.29 is 13.2 Å². The van der Waals surface area contributed by atoms with Crippen molar-refractivity contribution in [2.45, 2.75) is 44.6 Å². The molecule has 0 aromatic heterocycles. The molecule has 2 heterocycles. The fourth-order valence-corrected chi connectivity index (χ4v) is 5.53. The zero-order valence-electron chi connectivity index (χ0n) is 12.8. The Morgan fingerprint density at radius 1 is 1.23 bits per heavy atom. The Hall–Kier alpha value is -1.07. The second-order valence-corrected chi connectivity index (χ2v) is 8.93. The molecule has 1 aromatic carbocycles. The van der Waals surface area contributed by atoms with Gasteiger partial charge in [-0.1, -0.05) is 18.2 Å². The standard InChI is InChI=1S/C17H23NO3S/c19-22(20)12-8-14-5-1-2-6-15(14)18(22)13-17(9-10-17)16-7-3-4-11-21-16/h1-2,5-6,16H,3-4,7-13H2. The molecular formula is C17H23NO3S. The molecule has 0 bridgehead atoms. The molecule has 3 aliphatic rings. The van der Waals surface area contributed by atoms with E-state index in [0.717, 1.165) is 43.5 Å². The van der Waals surface area contributed by atoms with Crippen molar-refractivity contribution >= 4 is 15.7 Å². The van der Waals surface area contributed by atoms with Crippen molar-refractivity contribution in [2.75, 3.05) is 23.2 Å². The van der Waals surface area contributed by atoms with Crippen LogP contribution in [0.4, 0.5) is 5.69 Å². The lowest BCUT2D eigenvalue weighted by atomic mass is 9.92. The van der Waals surface area contributed by atoms with Crippen molar-refractivity contribution in [2.24, 2.45) is 5.41 Å². The lowest BCUT2D eigenvalue weighted by Crippen LogP contribution is -2.45. The predicted molar refractivity (Wildman–Crippen MR) is 86.5 cm³/mol. The van der Waals surface area contributed by atoms with Gasteiger partial charge in [0.05, 0.1) is 17.5 Å². The molecule has 2 fully saturated rings. The smallest absolute Gasteiger partial charge is 0.235 e. The van der Waals surface area contributed by atoms with Crippen molar-refractivity contribution in [1.29, 1.82) is 0 Å². The van der Waals surface area contributed by atoms with Crippen LogP contribution in [0, 0.1) is 5.41 Å². The molecule has 1 saturated carbocycles. The lowest BCUT2D eigenvalue weighted by Gasteiger charge is -2.37. The van der Waals surface area contributed by atoms with Crippen LogP contribution in [0.25, 0.3) is 0 Å². The number of hydrogen-bond donors (Lipinski definition) is 0. The minimum absolute atomic E-state index is 0.0535. The summed E-state index contributed by atoms with van der Waals surface area (Å²) >= 11 is 0. The third-order valence-corrected chi connectivity index (χ3v) is 7.16. The number of nitrogens with zero attached hydrogens (tertiary/aromatic N) is 1. The number of sulfonamides is 1. The number of hydrogen-bond acceptors (Lipinski definition) is 3. The first-order valence-corrected chi connectivity index (χ1v) is 9.92. The minimum Gasteiger partial charge on any atom is -0.378 e. The molecule has 0 amide bonds. The molecule has 1 aromatic rings. The Bertz CT molecular complexity index is 660. The number of aryl methyl sites for hydroxylation is 1. The van der Waals surface area contributed by atoms with Crippen LogP contribution < -0.4 is 4.31 Å². The Labute approximate surface area is 132 Å². The summed E-state index contributed by atoms with van der Waals surface area (Å²) in [5.41, 5.74) is 2.09. The average Bonchev–Trinajstić information content (AvgIpc) is 3.32. The van der Waals surface area contributed by atoms with E-state index in [-0.39, 0.29) is 17.3 Å². The van der Waals surface area contributed by atoms with Gasteiger partial charge in [0.1, 0.15) is 0 Å². The number of anilines is 1. The van der Waals surface area contributed by atoms with Gasteiger partial charge in [0.25, 0.3) is 0 Å². The summed E-state index contributed by atoms with van der Waals surface area (Å²) in [6, 6.07) is 7.92. The van der Waals surface area contributed by atoms with E-state index in [2.05, 4.69) is 0 Å². The zero-order valence-corrected chi connectivity index (χ0v) is 13.6. The fraction of sp³-hybridized carbons (Fsp3) is 0.647. The van der Waals surface area contributed by atoms with E-state index in [4.69, 9.17) is 4.74 Å². The summed E-state index contributed by atoms with van der Waals surface area (Å²) < 4.78 is 32.9. The summed E-state index contributed by atoms with van der Waals surface area (Å²) in [7, 11) is -3.19. The predicted octanol–water partition coefficient (Wildman–Crippen LogP) is 2.73. The zero-order chi connectivity index (χ0) is 15.2. The fourth-order valence-electron chi connectivity index (χ4n) is 3.90. The van der Waals surface area contributed by atoms with Gasteiger partial charge in [0.2, 0.25) is 10.0 Å². The monoisotopic (exact) mass is 321 g/mol. The molecule has 0 N–H and O–H groups in total. The molecule has 2 aliphatic heterocycles. The van der Waals surface area contributed by atoms with Crippen LogP contribution in [-0.4, -0.2) is 33.4 Å². The molecule has 0 radical (unpaired) electrons. The summed E-state index contributed by atoms with van der Waals surface area (Å²) in [5, 5.41) is 0. The largest absolute Gasteiger partial charge is 0.378 e. The first-order valence-electron chi connectivity index (χ1n) is 8.31. The first-order chi connectivity index (χ1) is 10.6. The molecule has 4 nitrogen and oxygen atoms in total. The highest BCUT2D eigenvalue weighted by atomic mass is 32.2. The Kier molecular flexibility index (Phi) is 3.46. The molecule has 5 heteroatoms. The normalized spacial score (nSPS) is 28.9. The van der Waals surface area contributed by atoms with Gasteiger partial charge >= 0.3 is 0 Å². The van der Waals surface area contributed by atoms with E-state index in [1.165, 1.54) is 6.42 Å². The topological polar surface area (TPSA) is 46.6 Å². The van der Waals surface area contributed by atoms with Crippen LogP contribution in [0.2, 0.25) is 0 Å². The van der Waals surface area contributed by atoms with Gasteiger partial charge in [-0.25, -0.2) is 8.42 Å². The number of ether oxygens (including phenoxy) is 1. The summed E-state index contributed by atoms with van der Waals surface area (Å²) in [6.07, 6.45) is 6.47. The van der Waals surface area contributed by atoms with Gasteiger partial charge in [-0.3, -0.25) is 4.31 Å². The Morgan fingerprint density at radius 3 is 2.77 bits per heavy atom. The summed E-state index contributed by atoms with van der Waals surface area (Å²) in [5.74, 6) is 0.228.